The molecular weight excluding hydrogens is 326 g/mol. The quantitative estimate of drug-likeness (QED) is 0.841. The van der Waals surface area contributed by atoms with E-state index in [1.165, 1.54) is 0 Å². The number of halogens is 1. The smallest absolute Gasteiger partial charge is 0.263 e. The molecule has 2 rings (SSSR count). The lowest BCUT2D eigenvalue weighted by Gasteiger charge is -2.24. The Kier molecular flexibility index (Phi) is 5.34. The van der Waals surface area contributed by atoms with Crippen LogP contribution in [0.5, 0.6) is 5.75 Å². The first-order valence-corrected chi connectivity index (χ1v) is 9.40. The van der Waals surface area contributed by atoms with E-state index >= 15 is 0 Å². The molecule has 1 heterocycles. The van der Waals surface area contributed by atoms with Crippen LogP contribution in [-0.4, -0.2) is 49.9 Å². The number of hydrogen-bond donors (Lipinski definition) is 0. The molecule has 22 heavy (non-hydrogen) atoms. The molecule has 0 radical (unpaired) electrons. The molecule has 1 saturated heterocycles. The van der Waals surface area contributed by atoms with Crippen LogP contribution in [0.3, 0.4) is 0 Å². The standard InChI is InChI=1S/C15H20ClNO4S/c1-11-10-13(16)4-5-14(11)21-12(2)15(18)17-6-3-8-22(19,20)9-7-17/h4-5,10,12H,3,6-9H2,1-2H3. The number of rotatable bonds is 3. The first-order chi connectivity index (χ1) is 10.3. The van der Waals surface area contributed by atoms with Crippen LogP contribution in [0.25, 0.3) is 0 Å². The van der Waals surface area contributed by atoms with E-state index in [9.17, 15) is 13.2 Å². The molecule has 0 bridgehead atoms. The second-order valence-electron chi connectivity index (χ2n) is 5.50. The molecule has 0 saturated carbocycles. The largest absolute Gasteiger partial charge is 0.481 e. The maximum Gasteiger partial charge on any atom is 0.263 e. The highest BCUT2D eigenvalue weighted by molar-refractivity contribution is 7.91. The Morgan fingerprint density at radius 2 is 2.05 bits per heavy atom. The summed E-state index contributed by atoms with van der Waals surface area (Å²) in [6.07, 6.45) is -0.193. The van der Waals surface area contributed by atoms with Crippen LogP contribution in [0.4, 0.5) is 0 Å². The predicted octanol–water partition coefficient (Wildman–Crippen LogP) is 2.06. The topological polar surface area (TPSA) is 63.7 Å². The Morgan fingerprint density at radius 1 is 1.32 bits per heavy atom. The summed E-state index contributed by atoms with van der Waals surface area (Å²) in [5.74, 6) is 0.576. The van der Waals surface area contributed by atoms with E-state index in [0.29, 0.717) is 23.7 Å². The van der Waals surface area contributed by atoms with E-state index in [2.05, 4.69) is 0 Å². The van der Waals surface area contributed by atoms with Crippen molar-refractivity contribution in [2.45, 2.75) is 26.4 Å². The summed E-state index contributed by atoms with van der Waals surface area (Å²) in [6, 6.07) is 5.21. The number of sulfone groups is 1. The molecule has 7 heteroatoms. The third-order valence-electron chi connectivity index (χ3n) is 3.66. The zero-order valence-corrected chi connectivity index (χ0v) is 14.3. The van der Waals surface area contributed by atoms with Gasteiger partial charge in [-0.3, -0.25) is 4.79 Å². The summed E-state index contributed by atoms with van der Waals surface area (Å²) in [6.45, 7) is 4.21. The van der Waals surface area contributed by atoms with Crippen molar-refractivity contribution in [3.05, 3.63) is 28.8 Å². The van der Waals surface area contributed by atoms with Crippen molar-refractivity contribution in [3.8, 4) is 5.75 Å². The van der Waals surface area contributed by atoms with Gasteiger partial charge in [-0.15, -0.1) is 0 Å². The van der Waals surface area contributed by atoms with Crippen molar-refractivity contribution in [2.75, 3.05) is 24.6 Å². The van der Waals surface area contributed by atoms with E-state index < -0.39 is 15.9 Å². The maximum atomic E-state index is 12.4. The lowest BCUT2D eigenvalue weighted by molar-refractivity contribution is -0.137. The van der Waals surface area contributed by atoms with Gasteiger partial charge in [-0.1, -0.05) is 11.6 Å². The van der Waals surface area contributed by atoms with E-state index in [1.807, 2.05) is 6.92 Å². The van der Waals surface area contributed by atoms with Gasteiger partial charge >= 0.3 is 0 Å². The zero-order chi connectivity index (χ0) is 16.3. The molecular formula is C15H20ClNO4S. The van der Waals surface area contributed by atoms with Crippen molar-refractivity contribution in [1.82, 2.24) is 4.90 Å². The molecule has 0 aromatic heterocycles. The molecule has 1 unspecified atom stereocenters. The summed E-state index contributed by atoms with van der Waals surface area (Å²) in [5.41, 5.74) is 0.852. The van der Waals surface area contributed by atoms with E-state index in [-0.39, 0.29) is 24.0 Å². The van der Waals surface area contributed by atoms with Crippen LogP contribution < -0.4 is 4.74 Å². The molecule has 1 amide bonds. The monoisotopic (exact) mass is 345 g/mol. The Balaban J connectivity index is 2.02. The summed E-state index contributed by atoms with van der Waals surface area (Å²) < 4.78 is 28.9. The van der Waals surface area contributed by atoms with Gasteiger partial charge in [0.25, 0.3) is 5.91 Å². The average molecular weight is 346 g/mol. The van der Waals surface area contributed by atoms with Gasteiger partial charge in [-0.2, -0.15) is 0 Å². The second kappa shape index (κ2) is 6.87. The van der Waals surface area contributed by atoms with Crippen molar-refractivity contribution in [2.24, 2.45) is 0 Å². The molecule has 0 spiro atoms. The first kappa shape index (κ1) is 17.1. The Morgan fingerprint density at radius 3 is 2.73 bits per heavy atom. The molecule has 1 aliphatic heterocycles. The highest BCUT2D eigenvalue weighted by Gasteiger charge is 2.26. The Bertz CT molecular complexity index is 660. The number of carbonyl (C=O) groups is 1. The highest BCUT2D eigenvalue weighted by atomic mass is 35.5. The van der Waals surface area contributed by atoms with Gasteiger partial charge in [0.2, 0.25) is 0 Å². The Hall–Kier alpha value is -1.27. The number of hydrogen-bond acceptors (Lipinski definition) is 4. The molecule has 1 atom stereocenters. The van der Waals surface area contributed by atoms with Crippen LogP contribution in [0.1, 0.15) is 18.9 Å². The van der Waals surface area contributed by atoms with Gasteiger partial charge < -0.3 is 9.64 Å². The third-order valence-corrected chi connectivity index (χ3v) is 5.61. The van der Waals surface area contributed by atoms with Crippen LogP contribution in [0.2, 0.25) is 5.02 Å². The molecule has 122 valence electrons. The van der Waals surface area contributed by atoms with Crippen LogP contribution >= 0.6 is 11.6 Å². The van der Waals surface area contributed by atoms with Gasteiger partial charge in [0.15, 0.2) is 15.9 Å². The van der Waals surface area contributed by atoms with Crippen molar-refractivity contribution in [1.29, 1.82) is 0 Å². The van der Waals surface area contributed by atoms with Crippen LogP contribution in [0.15, 0.2) is 18.2 Å². The number of ether oxygens (including phenoxy) is 1. The minimum atomic E-state index is -3.03. The van der Waals surface area contributed by atoms with Crippen molar-refractivity contribution >= 4 is 27.3 Å². The number of amides is 1. The third kappa shape index (κ3) is 4.36. The number of aryl methyl sites for hydroxylation is 1. The normalized spacial score (nSPS) is 19.3. The summed E-state index contributed by atoms with van der Waals surface area (Å²) in [5, 5.41) is 0.613. The van der Waals surface area contributed by atoms with Crippen molar-refractivity contribution in [3.63, 3.8) is 0 Å². The summed E-state index contributed by atoms with van der Waals surface area (Å²) in [4.78, 5) is 14.0. The lowest BCUT2D eigenvalue weighted by atomic mass is 10.2. The molecule has 0 aliphatic carbocycles. The fraction of sp³-hybridized carbons (Fsp3) is 0.533. The van der Waals surface area contributed by atoms with Gasteiger partial charge in [-0.05, 0) is 44.0 Å². The minimum Gasteiger partial charge on any atom is -0.481 e. The second-order valence-corrected chi connectivity index (χ2v) is 8.24. The Labute approximate surface area is 136 Å². The van der Waals surface area contributed by atoms with Gasteiger partial charge in [0.1, 0.15) is 5.75 Å². The van der Waals surface area contributed by atoms with Crippen LogP contribution in [-0.2, 0) is 14.6 Å². The SMILES string of the molecule is Cc1cc(Cl)ccc1OC(C)C(=O)N1CCCS(=O)(=O)CC1. The molecule has 5 nitrogen and oxygen atoms in total. The predicted molar refractivity (Wildman–Crippen MR) is 86.1 cm³/mol. The summed E-state index contributed by atoms with van der Waals surface area (Å²) in [7, 11) is -3.03. The van der Waals surface area contributed by atoms with Gasteiger partial charge in [-0.25, -0.2) is 8.42 Å². The zero-order valence-electron chi connectivity index (χ0n) is 12.7. The summed E-state index contributed by atoms with van der Waals surface area (Å²) >= 11 is 5.90. The average Bonchev–Trinajstić information content (AvgIpc) is 2.62. The van der Waals surface area contributed by atoms with Crippen molar-refractivity contribution < 1.29 is 17.9 Å². The minimum absolute atomic E-state index is 0.0193. The molecule has 1 aromatic rings. The van der Waals surface area contributed by atoms with Crippen LogP contribution in [0, 0.1) is 6.92 Å². The van der Waals surface area contributed by atoms with E-state index in [4.69, 9.17) is 16.3 Å². The molecule has 1 fully saturated rings. The molecule has 0 N–H and O–H groups in total. The maximum absolute atomic E-state index is 12.4. The number of carbonyl (C=O) groups excluding carboxylic acids is 1. The highest BCUT2D eigenvalue weighted by Crippen LogP contribution is 2.23. The number of nitrogens with zero attached hydrogens (tertiary/aromatic N) is 1. The lowest BCUT2D eigenvalue weighted by Crippen LogP contribution is -2.42. The molecule has 1 aromatic carbocycles. The van der Waals surface area contributed by atoms with Gasteiger partial charge in [0, 0.05) is 18.1 Å². The molecule has 1 aliphatic rings. The van der Waals surface area contributed by atoms with E-state index in [0.717, 1.165) is 5.56 Å². The first-order valence-electron chi connectivity index (χ1n) is 7.20. The fourth-order valence-electron chi connectivity index (χ4n) is 2.40. The number of benzene rings is 1. The van der Waals surface area contributed by atoms with E-state index in [1.54, 1.807) is 30.0 Å². The fourth-order valence-corrected chi connectivity index (χ4v) is 3.90. The van der Waals surface area contributed by atoms with Gasteiger partial charge in [0.05, 0.1) is 11.5 Å².